The summed E-state index contributed by atoms with van der Waals surface area (Å²) in [6.07, 6.45) is 5.96. The van der Waals surface area contributed by atoms with E-state index in [-0.39, 0.29) is 17.5 Å². The first-order valence-corrected chi connectivity index (χ1v) is 8.91. The van der Waals surface area contributed by atoms with Crippen LogP contribution in [0, 0.1) is 5.82 Å². The number of hydrogen-bond donors (Lipinski definition) is 0. The Morgan fingerprint density at radius 1 is 1.28 bits per heavy atom. The van der Waals surface area contributed by atoms with E-state index < -0.39 is 0 Å². The van der Waals surface area contributed by atoms with Crippen molar-refractivity contribution in [3.8, 4) is 0 Å². The maximum absolute atomic E-state index is 13.1. The Morgan fingerprint density at radius 2 is 2.16 bits per heavy atom. The van der Waals surface area contributed by atoms with Crippen LogP contribution in [0.15, 0.2) is 42.7 Å². The van der Waals surface area contributed by atoms with Crippen molar-refractivity contribution < 1.29 is 13.9 Å². The molecule has 1 aromatic heterocycles. The maximum Gasteiger partial charge on any atom is 0.123 e. The molecule has 2 fully saturated rings. The van der Waals surface area contributed by atoms with Gasteiger partial charge in [0.25, 0.3) is 0 Å². The molecular weight excluding hydrogens is 321 g/mol. The first-order chi connectivity index (χ1) is 12.2. The first-order valence-electron chi connectivity index (χ1n) is 8.91. The minimum Gasteiger partial charge on any atom is -0.377 e. The molecule has 0 bridgehead atoms. The van der Waals surface area contributed by atoms with E-state index in [2.05, 4.69) is 10.00 Å². The van der Waals surface area contributed by atoms with E-state index in [4.69, 9.17) is 9.47 Å². The fourth-order valence-corrected chi connectivity index (χ4v) is 3.83. The van der Waals surface area contributed by atoms with Crippen LogP contribution < -0.4 is 0 Å². The van der Waals surface area contributed by atoms with Gasteiger partial charge in [0.1, 0.15) is 11.4 Å². The van der Waals surface area contributed by atoms with Gasteiger partial charge in [-0.3, -0.25) is 9.58 Å². The minimum absolute atomic E-state index is 0.175. The van der Waals surface area contributed by atoms with Crippen molar-refractivity contribution in [3.05, 3.63) is 54.1 Å². The topological polar surface area (TPSA) is 39.5 Å². The SMILES string of the molecule is Fc1ccc(CN2CCOC[C@@]3(CC[C@H](Cn4cccn4)O3)C2)cc1. The Kier molecular flexibility index (Phi) is 4.83. The average molecular weight is 345 g/mol. The van der Waals surface area contributed by atoms with Crippen molar-refractivity contribution in [2.45, 2.75) is 37.6 Å². The molecule has 0 amide bonds. The molecule has 2 aliphatic rings. The number of hydrogen-bond acceptors (Lipinski definition) is 4. The summed E-state index contributed by atoms with van der Waals surface area (Å²) in [7, 11) is 0. The highest BCUT2D eigenvalue weighted by atomic mass is 19.1. The summed E-state index contributed by atoms with van der Waals surface area (Å²) < 4.78 is 27.3. The van der Waals surface area contributed by atoms with Gasteiger partial charge in [-0.1, -0.05) is 12.1 Å². The molecule has 3 heterocycles. The summed E-state index contributed by atoms with van der Waals surface area (Å²) in [5, 5.41) is 4.27. The molecule has 2 aromatic rings. The fourth-order valence-electron chi connectivity index (χ4n) is 3.83. The molecule has 2 atom stereocenters. The van der Waals surface area contributed by atoms with E-state index in [9.17, 15) is 4.39 Å². The number of benzene rings is 1. The lowest BCUT2D eigenvalue weighted by Gasteiger charge is -2.32. The third kappa shape index (κ3) is 4.08. The summed E-state index contributed by atoms with van der Waals surface area (Å²) in [5.41, 5.74) is 0.874. The molecule has 0 aliphatic carbocycles. The Bertz CT molecular complexity index is 676. The Labute approximate surface area is 147 Å². The van der Waals surface area contributed by atoms with E-state index in [1.165, 1.54) is 12.1 Å². The summed E-state index contributed by atoms with van der Waals surface area (Å²) in [6, 6.07) is 8.68. The van der Waals surface area contributed by atoms with Crippen LogP contribution in [0.25, 0.3) is 0 Å². The number of nitrogens with zero attached hydrogens (tertiary/aromatic N) is 3. The van der Waals surface area contributed by atoms with Gasteiger partial charge in [0.05, 0.1) is 25.9 Å². The molecule has 2 saturated heterocycles. The fraction of sp³-hybridized carbons (Fsp3) is 0.526. The lowest BCUT2D eigenvalue weighted by molar-refractivity contribution is -0.0904. The highest BCUT2D eigenvalue weighted by molar-refractivity contribution is 5.16. The molecule has 0 N–H and O–H groups in total. The quantitative estimate of drug-likeness (QED) is 0.853. The summed E-state index contributed by atoms with van der Waals surface area (Å²) in [5.74, 6) is -0.194. The third-order valence-corrected chi connectivity index (χ3v) is 5.04. The number of ether oxygens (including phenoxy) is 2. The van der Waals surface area contributed by atoms with Crippen molar-refractivity contribution in [2.24, 2.45) is 0 Å². The normalized spacial score (nSPS) is 27.6. The Hall–Kier alpha value is -1.76. The highest BCUT2D eigenvalue weighted by Gasteiger charge is 2.43. The van der Waals surface area contributed by atoms with Gasteiger partial charge in [-0.15, -0.1) is 0 Å². The van der Waals surface area contributed by atoms with E-state index >= 15 is 0 Å². The zero-order valence-electron chi connectivity index (χ0n) is 14.3. The predicted octanol–water partition coefficient (Wildman–Crippen LogP) is 2.47. The monoisotopic (exact) mass is 345 g/mol. The molecule has 0 radical (unpaired) electrons. The first kappa shape index (κ1) is 16.7. The van der Waals surface area contributed by atoms with Gasteiger partial charge in [-0.2, -0.15) is 5.10 Å². The molecule has 0 saturated carbocycles. The van der Waals surface area contributed by atoms with Gasteiger partial charge in [0, 0.05) is 32.0 Å². The largest absolute Gasteiger partial charge is 0.377 e. The average Bonchev–Trinajstić information content (AvgIpc) is 3.20. The van der Waals surface area contributed by atoms with Gasteiger partial charge in [0.2, 0.25) is 0 Å². The lowest BCUT2D eigenvalue weighted by atomic mass is 10.00. The minimum atomic E-state index is -0.242. The number of aromatic nitrogens is 2. The zero-order chi connectivity index (χ0) is 17.1. The van der Waals surface area contributed by atoms with Crippen LogP contribution in [-0.4, -0.2) is 52.7 Å². The highest BCUT2D eigenvalue weighted by Crippen LogP contribution is 2.34. The van der Waals surface area contributed by atoms with Gasteiger partial charge < -0.3 is 9.47 Å². The van der Waals surface area contributed by atoms with E-state index in [1.807, 2.05) is 29.1 Å². The van der Waals surface area contributed by atoms with E-state index in [0.29, 0.717) is 13.2 Å². The lowest BCUT2D eigenvalue weighted by Crippen LogP contribution is -2.44. The molecule has 5 nitrogen and oxygen atoms in total. The molecule has 1 spiro atoms. The number of rotatable bonds is 4. The second-order valence-electron chi connectivity index (χ2n) is 7.08. The van der Waals surface area contributed by atoms with Crippen molar-refractivity contribution in [2.75, 3.05) is 26.3 Å². The smallest absolute Gasteiger partial charge is 0.123 e. The van der Waals surface area contributed by atoms with Crippen molar-refractivity contribution in [1.82, 2.24) is 14.7 Å². The van der Waals surface area contributed by atoms with Crippen LogP contribution in [-0.2, 0) is 22.6 Å². The van der Waals surface area contributed by atoms with E-state index in [0.717, 1.165) is 44.6 Å². The van der Waals surface area contributed by atoms with Gasteiger partial charge >= 0.3 is 0 Å². The van der Waals surface area contributed by atoms with Crippen LogP contribution in [0.1, 0.15) is 18.4 Å². The molecule has 1 aromatic carbocycles. The van der Waals surface area contributed by atoms with Gasteiger partial charge in [-0.25, -0.2) is 4.39 Å². The molecule has 0 unspecified atom stereocenters. The molecule has 134 valence electrons. The van der Waals surface area contributed by atoms with Gasteiger partial charge in [-0.05, 0) is 36.6 Å². The summed E-state index contributed by atoms with van der Waals surface area (Å²) >= 11 is 0. The van der Waals surface area contributed by atoms with Crippen molar-refractivity contribution in [3.63, 3.8) is 0 Å². The maximum atomic E-state index is 13.1. The second kappa shape index (κ2) is 7.23. The van der Waals surface area contributed by atoms with Crippen LogP contribution in [0.2, 0.25) is 0 Å². The van der Waals surface area contributed by atoms with Crippen molar-refractivity contribution in [1.29, 1.82) is 0 Å². The second-order valence-corrected chi connectivity index (χ2v) is 7.08. The van der Waals surface area contributed by atoms with Crippen LogP contribution >= 0.6 is 0 Å². The summed E-state index contributed by atoms with van der Waals surface area (Å²) in [4.78, 5) is 2.36. The van der Waals surface area contributed by atoms with Crippen LogP contribution in [0.3, 0.4) is 0 Å². The third-order valence-electron chi connectivity index (χ3n) is 5.04. The Morgan fingerprint density at radius 3 is 2.96 bits per heavy atom. The molecular formula is C19H24FN3O2. The van der Waals surface area contributed by atoms with Crippen LogP contribution in [0.5, 0.6) is 0 Å². The standard InChI is InChI=1S/C19H24FN3O2/c20-17-4-2-16(3-5-17)12-22-10-11-24-15-19(14-22)7-6-18(25-19)13-23-9-1-8-21-23/h1-5,8-9,18H,6-7,10-15H2/t18-,19-/m1/s1. The Balaban J connectivity index is 1.40. The molecule has 25 heavy (non-hydrogen) atoms. The van der Waals surface area contributed by atoms with Crippen molar-refractivity contribution >= 4 is 0 Å². The molecule has 2 aliphatic heterocycles. The predicted molar refractivity (Wildman–Crippen MR) is 91.6 cm³/mol. The molecule has 6 heteroatoms. The van der Waals surface area contributed by atoms with Gasteiger partial charge in [0.15, 0.2) is 0 Å². The zero-order valence-corrected chi connectivity index (χ0v) is 14.3. The van der Waals surface area contributed by atoms with E-state index in [1.54, 1.807) is 6.20 Å². The molecule has 4 rings (SSSR count). The summed E-state index contributed by atoms with van der Waals surface area (Å²) in [6.45, 7) is 4.64. The van der Waals surface area contributed by atoms with Crippen LogP contribution in [0.4, 0.5) is 4.39 Å². The number of halogens is 1.